The van der Waals surface area contributed by atoms with E-state index in [0.29, 0.717) is 6.42 Å². The van der Waals surface area contributed by atoms with Gasteiger partial charge in [-0.2, -0.15) is 0 Å². The molecule has 1 radical (unpaired) electrons. The smallest absolute Gasteiger partial charge is 0.107 e. The molecule has 3 N–H and O–H groups in total. The summed E-state index contributed by atoms with van der Waals surface area (Å²) in [5.74, 6) is 0.910. The monoisotopic (exact) mass is 110 g/mol. The SMILES string of the molecule is N[CH]Cc1ncc[nH]1. The minimum absolute atomic E-state index is 0.715. The van der Waals surface area contributed by atoms with E-state index in [0.717, 1.165) is 5.82 Å². The van der Waals surface area contributed by atoms with Crippen LogP contribution in [0.15, 0.2) is 12.4 Å². The average Bonchev–Trinajstić information content (AvgIpc) is 2.19. The fraction of sp³-hybridized carbons (Fsp3) is 0.200. The lowest BCUT2D eigenvalue weighted by Crippen LogP contribution is -1.96. The Morgan fingerprint density at radius 3 is 3.25 bits per heavy atom. The fourth-order valence-electron chi connectivity index (χ4n) is 0.521. The van der Waals surface area contributed by atoms with E-state index in [1.807, 2.05) is 0 Å². The van der Waals surface area contributed by atoms with Crippen molar-refractivity contribution in [3.8, 4) is 0 Å². The van der Waals surface area contributed by atoms with Crippen molar-refractivity contribution in [1.29, 1.82) is 0 Å². The summed E-state index contributed by atoms with van der Waals surface area (Å²) >= 11 is 0. The number of aromatic amines is 1. The molecule has 0 atom stereocenters. The molecule has 43 valence electrons. The number of hydrogen-bond donors (Lipinski definition) is 2. The van der Waals surface area contributed by atoms with E-state index in [-0.39, 0.29) is 0 Å². The second kappa shape index (κ2) is 2.47. The third-order valence-corrected chi connectivity index (χ3v) is 0.866. The minimum Gasteiger partial charge on any atom is -0.349 e. The number of nitrogens with zero attached hydrogens (tertiary/aromatic N) is 1. The van der Waals surface area contributed by atoms with Crippen LogP contribution in [0.4, 0.5) is 0 Å². The van der Waals surface area contributed by atoms with Gasteiger partial charge < -0.3 is 10.7 Å². The van der Waals surface area contributed by atoms with Crippen LogP contribution in [0.2, 0.25) is 0 Å². The number of hydrogen-bond acceptors (Lipinski definition) is 2. The first-order valence-corrected chi connectivity index (χ1v) is 2.45. The first kappa shape index (κ1) is 5.31. The number of rotatable bonds is 2. The average molecular weight is 110 g/mol. The quantitative estimate of drug-likeness (QED) is 0.566. The van der Waals surface area contributed by atoms with Gasteiger partial charge in [0.05, 0.1) is 0 Å². The van der Waals surface area contributed by atoms with E-state index >= 15 is 0 Å². The molecule has 0 saturated carbocycles. The van der Waals surface area contributed by atoms with Crippen LogP contribution < -0.4 is 5.73 Å². The summed E-state index contributed by atoms with van der Waals surface area (Å²) in [6.45, 7) is 1.57. The Morgan fingerprint density at radius 1 is 1.88 bits per heavy atom. The van der Waals surface area contributed by atoms with Crippen molar-refractivity contribution in [3.63, 3.8) is 0 Å². The van der Waals surface area contributed by atoms with Gasteiger partial charge in [-0.05, 0) is 0 Å². The normalized spacial score (nSPS) is 9.62. The van der Waals surface area contributed by atoms with Crippen LogP contribution in [0.25, 0.3) is 0 Å². The molecule has 1 aromatic rings. The highest BCUT2D eigenvalue weighted by Crippen LogP contribution is 1.87. The van der Waals surface area contributed by atoms with Gasteiger partial charge >= 0.3 is 0 Å². The van der Waals surface area contributed by atoms with Crippen LogP contribution in [0.3, 0.4) is 0 Å². The summed E-state index contributed by atoms with van der Waals surface area (Å²) in [4.78, 5) is 6.85. The highest BCUT2D eigenvalue weighted by Gasteiger charge is 1.88. The van der Waals surface area contributed by atoms with Crippen molar-refractivity contribution in [1.82, 2.24) is 9.97 Å². The predicted molar refractivity (Wildman–Crippen MR) is 30.8 cm³/mol. The molecule has 0 aliphatic rings. The minimum atomic E-state index is 0.715. The van der Waals surface area contributed by atoms with Crippen LogP contribution in [-0.2, 0) is 6.42 Å². The zero-order valence-electron chi connectivity index (χ0n) is 4.46. The Morgan fingerprint density at radius 2 is 2.75 bits per heavy atom. The highest BCUT2D eigenvalue weighted by molar-refractivity contribution is 4.89. The molecular formula is C5H8N3. The second-order valence-electron chi connectivity index (χ2n) is 1.48. The van der Waals surface area contributed by atoms with Crippen LogP contribution in [-0.4, -0.2) is 9.97 Å². The van der Waals surface area contributed by atoms with E-state index in [9.17, 15) is 0 Å². The van der Waals surface area contributed by atoms with Gasteiger partial charge in [0, 0.05) is 25.4 Å². The number of aromatic nitrogens is 2. The molecule has 3 heteroatoms. The van der Waals surface area contributed by atoms with E-state index < -0.39 is 0 Å². The number of imidazole rings is 1. The van der Waals surface area contributed by atoms with Crippen molar-refractivity contribution >= 4 is 0 Å². The lowest BCUT2D eigenvalue weighted by Gasteiger charge is -1.85. The standard InChI is InChI=1S/C5H8N3/c6-2-1-5-7-3-4-8-5/h2-4H,1,6H2,(H,7,8). The third-order valence-electron chi connectivity index (χ3n) is 0.866. The maximum atomic E-state index is 5.13. The molecule has 0 bridgehead atoms. The van der Waals surface area contributed by atoms with Crippen molar-refractivity contribution < 1.29 is 0 Å². The molecule has 0 aliphatic heterocycles. The molecule has 1 rings (SSSR count). The molecule has 3 nitrogen and oxygen atoms in total. The van der Waals surface area contributed by atoms with Gasteiger partial charge in [-0.1, -0.05) is 0 Å². The molecule has 0 amide bonds. The molecule has 8 heavy (non-hydrogen) atoms. The lowest BCUT2D eigenvalue weighted by atomic mass is 10.4. The summed E-state index contributed by atoms with van der Waals surface area (Å²) in [5.41, 5.74) is 5.13. The Bertz CT molecular complexity index is 133. The molecule has 0 fully saturated rings. The molecule has 1 heterocycles. The Balaban J connectivity index is 2.50. The van der Waals surface area contributed by atoms with E-state index in [4.69, 9.17) is 5.73 Å². The Labute approximate surface area is 47.9 Å². The van der Waals surface area contributed by atoms with Crippen molar-refractivity contribution in [2.24, 2.45) is 5.73 Å². The van der Waals surface area contributed by atoms with E-state index in [1.165, 1.54) is 0 Å². The lowest BCUT2D eigenvalue weighted by molar-refractivity contribution is 0.984. The number of nitrogens with one attached hydrogen (secondary N) is 1. The van der Waals surface area contributed by atoms with Crippen LogP contribution in [0, 0.1) is 6.54 Å². The predicted octanol–water partition coefficient (Wildman–Crippen LogP) is 0.0727. The van der Waals surface area contributed by atoms with E-state index in [1.54, 1.807) is 18.9 Å². The second-order valence-corrected chi connectivity index (χ2v) is 1.48. The van der Waals surface area contributed by atoms with Crippen molar-refractivity contribution in [3.05, 3.63) is 24.8 Å². The highest BCUT2D eigenvalue weighted by atomic mass is 14.9. The van der Waals surface area contributed by atoms with Crippen LogP contribution in [0.1, 0.15) is 5.82 Å². The zero-order valence-corrected chi connectivity index (χ0v) is 4.46. The number of H-pyrrole nitrogens is 1. The van der Waals surface area contributed by atoms with Crippen molar-refractivity contribution in [2.75, 3.05) is 0 Å². The van der Waals surface area contributed by atoms with Gasteiger partial charge in [-0.25, -0.2) is 4.98 Å². The largest absolute Gasteiger partial charge is 0.349 e. The van der Waals surface area contributed by atoms with Gasteiger partial charge in [0.2, 0.25) is 0 Å². The van der Waals surface area contributed by atoms with Gasteiger partial charge in [-0.15, -0.1) is 0 Å². The Kier molecular flexibility index (Phi) is 1.64. The third kappa shape index (κ3) is 1.07. The fourth-order valence-corrected chi connectivity index (χ4v) is 0.521. The van der Waals surface area contributed by atoms with Crippen molar-refractivity contribution in [2.45, 2.75) is 6.42 Å². The molecule has 0 aliphatic carbocycles. The summed E-state index contributed by atoms with van der Waals surface area (Å²) in [6, 6.07) is 0. The molecule has 0 aromatic carbocycles. The summed E-state index contributed by atoms with van der Waals surface area (Å²) in [6.07, 6.45) is 4.20. The zero-order chi connectivity index (χ0) is 5.82. The molecule has 1 aromatic heterocycles. The first-order chi connectivity index (χ1) is 3.93. The maximum Gasteiger partial charge on any atom is 0.107 e. The summed E-state index contributed by atoms with van der Waals surface area (Å²) in [5, 5.41) is 0. The summed E-state index contributed by atoms with van der Waals surface area (Å²) in [7, 11) is 0. The molecule has 0 unspecified atom stereocenters. The summed E-state index contributed by atoms with van der Waals surface area (Å²) < 4.78 is 0. The Hall–Kier alpha value is -0.830. The van der Waals surface area contributed by atoms with Gasteiger partial charge in [0.25, 0.3) is 0 Å². The topological polar surface area (TPSA) is 54.7 Å². The number of nitrogens with two attached hydrogens (primary N) is 1. The van der Waals surface area contributed by atoms with Gasteiger partial charge in [0.1, 0.15) is 5.82 Å². The molecular weight excluding hydrogens is 102 g/mol. The van der Waals surface area contributed by atoms with Crippen LogP contribution >= 0.6 is 0 Å². The molecule has 0 spiro atoms. The van der Waals surface area contributed by atoms with Gasteiger partial charge in [-0.3, -0.25) is 0 Å². The maximum absolute atomic E-state index is 5.13. The first-order valence-electron chi connectivity index (χ1n) is 2.45. The van der Waals surface area contributed by atoms with Crippen LogP contribution in [0.5, 0.6) is 0 Å². The van der Waals surface area contributed by atoms with E-state index in [2.05, 4.69) is 9.97 Å². The van der Waals surface area contributed by atoms with Gasteiger partial charge in [0.15, 0.2) is 0 Å². The molecule has 0 saturated heterocycles.